The lowest BCUT2D eigenvalue weighted by Crippen LogP contribution is -2.25. The number of benzene rings is 2. The Morgan fingerprint density at radius 2 is 1.07 bits per heavy atom. The molecule has 2 N–H and O–H groups in total. The van der Waals surface area contributed by atoms with E-state index in [1.807, 2.05) is 36.4 Å². The number of aliphatic hydroxyl groups excluding tert-OH is 2. The number of aryl methyl sites for hydroxylation is 2. The molecule has 0 spiro atoms. The first kappa shape index (κ1) is 29.4. The molecule has 4 aromatic heterocycles. The second kappa shape index (κ2) is 13.7. The lowest BCUT2D eigenvalue weighted by molar-refractivity contribution is 0.279. The number of halogens is 1. The molecule has 0 bridgehead atoms. The van der Waals surface area contributed by atoms with Crippen molar-refractivity contribution in [2.75, 3.05) is 13.2 Å². The molecule has 0 aliphatic rings. The molecule has 43 heavy (non-hydrogen) atoms. The van der Waals surface area contributed by atoms with Crippen molar-refractivity contribution in [3.8, 4) is 22.5 Å². The first-order valence-corrected chi connectivity index (χ1v) is 13.8. The molecule has 10 nitrogen and oxygen atoms in total. The third kappa shape index (κ3) is 6.53. The third-order valence-electron chi connectivity index (χ3n) is 6.65. The van der Waals surface area contributed by atoms with Gasteiger partial charge in [0.15, 0.2) is 11.3 Å². The van der Waals surface area contributed by atoms with Crippen molar-refractivity contribution < 1.29 is 14.6 Å². The van der Waals surface area contributed by atoms with Crippen LogP contribution >= 0.6 is 0 Å². The maximum Gasteiger partial charge on any atom is 0.278 e. The normalized spacial score (nSPS) is 11.0. The number of hydrogen-bond donors (Lipinski definition) is 2. The Morgan fingerprint density at radius 3 is 1.53 bits per heavy atom. The summed E-state index contributed by atoms with van der Waals surface area (Å²) in [5.74, 6) is -0.369. The average Bonchev–Trinajstić information content (AvgIpc) is 3.05. The zero-order valence-corrected chi connectivity index (χ0v) is 23.2. The van der Waals surface area contributed by atoms with Crippen LogP contribution in [-0.2, 0) is 13.1 Å². The molecule has 0 atom stereocenters. The van der Waals surface area contributed by atoms with Gasteiger partial charge >= 0.3 is 0 Å². The summed E-state index contributed by atoms with van der Waals surface area (Å²) in [5.41, 5.74) is 3.80. The summed E-state index contributed by atoms with van der Waals surface area (Å²) >= 11 is 0. The molecule has 11 heteroatoms. The highest BCUT2D eigenvalue weighted by molar-refractivity contribution is 5.75. The van der Waals surface area contributed by atoms with E-state index in [4.69, 9.17) is 10.2 Å². The molecular weight excluding hydrogens is 551 g/mol. The number of aliphatic hydroxyl groups is 2. The van der Waals surface area contributed by atoms with Gasteiger partial charge in [0.1, 0.15) is 28.2 Å². The van der Waals surface area contributed by atoms with Gasteiger partial charge in [-0.1, -0.05) is 30.3 Å². The van der Waals surface area contributed by atoms with E-state index in [1.54, 1.807) is 35.2 Å². The smallest absolute Gasteiger partial charge is 0.278 e. The standard InChI is InChI=1S/C16H14FN3O2.C16H15N3O2/c17-12-6-4-11(5-7-12)14-16(22)20(9-2-10-21)15-13(19-14)3-1-8-18-15;20-11-5-10-19-15-13(8-4-9-17-15)18-14(16(19)21)12-6-2-1-3-7-12/h1,3-8,21H,2,9-10H2;1-4,6-9,20H,5,10-11H2. The Morgan fingerprint density at radius 1 is 0.605 bits per heavy atom. The largest absolute Gasteiger partial charge is 0.396 e. The molecule has 0 fully saturated rings. The Bertz CT molecular complexity index is 1960. The number of fused-ring (bicyclic) bond motifs is 2. The van der Waals surface area contributed by atoms with Gasteiger partial charge in [-0.3, -0.25) is 18.7 Å². The van der Waals surface area contributed by atoms with Crippen LogP contribution in [0.15, 0.2) is 101 Å². The fraction of sp³-hybridized carbons (Fsp3) is 0.188. The van der Waals surface area contributed by atoms with Crippen LogP contribution in [0.25, 0.3) is 44.8 Å². The van der Waals surface area contributed by atoms with Crippen LogP contribution in [0.4, 0.5) is 4.39 Å². The first-order chi connectivity index (χ1) is 21.0. The number of hydrogen-bond acceptors (Lipinski definition) is 8. The van der Waals surface area contributed by atoms with E-state index in [-0.39, 0.29) is 35.8 Å². The highest BCUT2D eigenvalue weighted by Crippen LogP contribution is 2.18. The Balaban J connectivity index is 0.000000171. The monoisotopic (exact) mass is 580 g/mol. The summed E-state index contributed by atoms with van der Waals surface area (Å²) in [4.78, 5) is 42.6. The number of rotatable bonds is 8. The second-order valence-electron chi connectivity index (χ2n) is 9.55. The summed E-state index contributed by atoms with van der Waals surface area (Å²) in [6.07, 6.45) is 4.18. The maximum atomic E-state index is 13.1. The van der Waals surface area contributed by atoms with E-state index in [0.29, 0.717) is 59.5 Å². The van der Waals surface area contributed by atoms with E-state index in [2.05, 4.69) is 19.9 Å². The molecule has 0 aliphatic heterocycles. The van der Waals surface area contributed by atoms with Gasteiger partial charge in [0.2, 0.25) is 0 Å². The van der Waals surface area contributed by atoms with Crippen LogP contribution in [-0.4, -0.2) is 52.5 Å². The van der Waals surface area contributed by atoms with Crippen LogP contribution in [0.2, 0.25) is 0 Å². The van der Waals surface area contributed by atoms with Crippen molar-refractivity contribution in [2.24, 2.45) is 0 Å². The van der Waals surface area contributed by atoms with Gasteiger partial charge in [-0.25, -0.2) is 24.3 Å². The van der Waals surface area contributed by atoms with E-state index >= 15 is 0 Å². The van der Waals surface area contributed by atoms with Crippen LogP contribution < -0.4 is 11.1 Å². The Kier molecular flexibility index (Phi) is 9.35. The van der Waals surface area contributed by atoms with Crippen LogP contribution in [0, 0.1) is 5.82 Å². The maximum absolute atomic E-state index is 13.1. The molecule has 0 aliphatic carbocycles. The van der Waals surface area contributed by atoms with Crippen LogP contribution in [0.3, 0.4) is 0 Å². The van der Waals surface area contributed by atoms with Gasteiger partial charge < -0.3 is 10.2 Å². The van der Waals surface area contributed by atoms with Crippen LogP contribution in [0.1, 0.15) is 12.8 Å². The minimum atomic E-state index is -0.369. The van der Waals surface area contributed by atoms with Gasteiger partial charge in [0.05, 0.1) is 0 Å². The summed E-state index contributed by atoms with van der Waals surface area (Å²) in [6, 6.07) is 22.2. The van der Waals surface area contributed by atoms with E-state index < -0.39 is 0 Å². The molecular formula is C32H29FN6O4. The van der Waals surface area contributed by atoms with E-state index in [0.717, 1.165) is 5.56 Å². The number of aromatic nitrogens is 6. The van der Waals surface area contributed by atoms with E-state index in [9.17, 15) is 14.0 Å². The molecule has 2 aromatic carbocycles. The summed E-state index contributed by atoms with van der Waals surface area (Å²) in [5, 5.41) is 18.0. The van der Waals surface area contributed by atoms with Gasteiger partial charge in [-0.15, -0.1) is 0 Å². The van der Waals surface area contributed by atoms with E-state index in [1.165, 1.54) is 28.8 Å². The molecule has 0 radical (unpaired) electrons. The quantitative estimate of drug-likeness (QED) is 0.277. The lowest BCUT2D eigenvalue weighted by atomic mass is 10.1. The lowest BCUT2D eigenvalue weighted by Gasteiger charge is -2.10. The third-order valence-corrected chi connectivity index (χ3v) is 6.65. The molecule has 6 aromatic rings. The van der Waals surface area contributed by atoms with Crippen molar-refractivity contribution in [1.29, 1.82) is 0 Å². The van der Waals surface area contributed by atoms with Gasteiger partial charge in [0.25, 0.3) is 11.1 Å². The zero-order valence-electron chi connectivity index (χ0n) is 23.2. The topological polar surface area (TPSA) is 136 Å². The molecule has 4 heterocycles. The highest BCUT2D eigenvalue weighted by atomic mass is 19.1. The second-order valence-corrected chi connectivity index (χ2v) is 9.55. The molecule has 0 saturated heterocycles. The fourth-order valence-electron chi connectivity index (χ4n) is 4.60. The zero-order chi connectivity index (χ0) is 30.2. The Hall–Kier alpha value is -5.13. The Labute approximate surface area is 245 Å². The van der Waals surface area contributed by atoms with Crippen molar-refractivity contribution in [3.63, 3.8) is 0 Å². The summed E-state index contributed by atoms with van der Waals surface area (Å²) in [6.45, 7) is 0.781. The molecule has 0 unspecified atom stereocenters. The summed E-state index contributed by atoms with van der Waals surface area (Å²) in [7, 11) is 0. The van der Waals surface area contributed by atoms with Crippen molar-refractivity contribution in [3.05, 3.63) is 118 Å². The van der Waals surface area contributed by atoms with Gasteiger partial charge in [0, 0.05) is 49.8 Å². The molecule has 218 valence electrons. The number of nitrogens with zero attached hydrogens (tertiary/aromatic N) is 6. The molecule has 6 rings (SSSR count). The van der Waals surface area contributed by atoms with Crippen molar-refractivity contribution >= 4 is 22.3 Å². The molecule has 0 amide bonds. The summed E-state index contributed by atoms with van der Waals surface area (Å²) < 4.78 is 16.1. The first-order valence-electron chi connectivity index (χ1n) is 13.8. The highest BCUT2D eigenvalue weighted by Gasteiger charge is 2.14. The van der Waals surface area contributed by atoms with Crippen molar-refractivity contribution in [1.82, 2.24) is 29.1 Å². The minimum Gasteiger partial charge on any atom is -0.396 e. The predicted molar refractivity (Wildman–Crippen MR) is 162 cm³/mol. The number of pyridine rings is 2. The predicted octanol–water partition coefficient (Wildman–Crippen LogP) is 3.82. The minimum absolute atomic E-state index is 0.0189. The van der Waals surface area contributed by atoms with Crippen LogP contribution in [0.5, 0.6) is 0 Å². The average molecular weight is 581 g/mol. The fourth-order valence-corrected chi connectivity index (χ4v) is 4.60. The SMILES string of the molecule is O=c1c(-c2ccc(F)cc2)nc2cccnc2n1CCCO.O=c1c(-c2ccccc2)nc2cccnc2n1CCCO. The van der Waals surface area contributed by atoms with Gasteiger partial charge in [-0.2, -0.15) is 0 Å². The molecule has 0 saturated carbocycles. The van der Waals surface area contributed by atoms with Gasteiger partial charge in [-0.05, 0) is 61.4 Å². The van der Waals surface area contributed by atoms with Crippen molar-refractivity contribution in [2.45, 2.75) is 25.9 Å².